The van der Waals surface area contributed by atoms with Gasteiger partial charge in [0, 0.05) is 38.8 Å². The van der Waals surface area contributed by atoms with Gasteiger partial charge in [-0.1, -0.05) is 27.7 Å². The number of hydrogen-bond acceptors (Lipinski definition) is 3. The van der Waals surface area contributed by atoms with Crippen LogP contribution in [0, 0.1) is 23.2 Å². The van der Waals surface area contributed by atoms with Crippen LogP contribution >= 0.6 is 0 Å². The van der Waals surface area contributed by atoms with E-state index < -0.39 is 0 Å². The summed E-state index contributed by atoms with van der Waals surface area (Å²) in [6.45, 7) is 19.0. The lowest BCUT2D eigenvalue weighted by Gasteiger charge is -2.53. The van der Waals surface area contributed by atoms with Gasteiger partial charge in [-0.15, -0.1) is 0 Å². The molecule has 140 valence electrons. The van der Waals surface area contributed by atoms with E-state index in [9.17, 15) is 0 Å². The minimum absolute atomic E-state index is 0.537. The highest BCUT2D eigenvalue weighted by atomic mass is 15.3. The molecule has 3 heteroatoms. The molecule has 2 aliphatic heterocycles. The molecule has 3 aliphatic rings. The van der Waals surface area contributed by atoms with Crippen LogP contribution in [0.4, 0.5) is 0 Å². The Morgan fingerprint density at radius 1 is 0.958 bits per heavy atom. The highest BCUT2D eigenvalue weighted by Crippen LogP contribution is 2.50. The van der Waals surface area contributed by atoms with Crippen molar-refractivity contribution in [1.29, 1.82) is 0 Å². The van der Waals surface area contributed by atoms with Gasteiger partial charge in [0.1, 0.15) is 0 Å². The summed E-state index contributed by atoms with van der Waals surface area (Å²) in [4.78, 5) is 7.99. The van der Waals surface area contributed by atoms with Crippen molar-refractivity contribution in [2.45, 2.75) is 59.4 Å². The lowest BCUT2D eigenvalue weighted by atomic mass is 9.59. The third-order valence-electron chi connectivity index (χ3n) is 7.57. The van der Waals surface area contributed by atoms with E-state index in [0.29, 0.717) is 5.41 Å². The minimum atomic E-state index is 0.537. The summed E-state index contributed by atoms with van der Waals surface area (Å²) in [5.41, 5.74) is 0.537. The molecule has 0 N–H and O–H groups in total. The van der Waals surface area contributed by atoms with Crippen LogP contribution in [0.5, 0.6) is 0 Å². The van der Waals surface area contributed by atoms with Crippen molar-refractivity contribution < 1.29 is 0 Å². The minimum Gasteiger partial charge on any atom is -0.304 e. The van der Waals surface area contributed by atoms with Crippen molar-refractivity contribution in [3.8, 4) is 0 Å². The molecule has 2 saturated heterocycles. The molecule has 24 heavy (non-hydrogen) atoms. The molecule has 0 aromatic carbocycles. The van der Waals surface area contributed by atoms with Crippen LogP contribution in [-0.2, 0) is 0 Å². The normalized spacial score (nSPS) is 34.0. The molecule has 1 aliphatic carbocycles. The molecule has 0 bridgehead atoms. The van der Waals surface area contributed by atoms with Gasteiger partial charge in [0.25, 0.3) is 0 Å². The van der Waals surface area contributed by atoms with Crippen LogP contribution in [-0.4, -0.2) is 73.6 Å². The Hall–Kier alpha value is -0.120. The molecule has 3 fully saturated rings. The van der Waals surface area contributed by atoms with Gasteiger partial charge in [0.2, 0.25) is 0 Å². The first-order valence-electron chi connectivity index (χ1n) is 10.5. The van der Waals surface area contributed by atoms with Crippen molar-refractivity contribution >= 4 is 0 Å². The number of likely N-dealkylation sites (tertiary alicyclic amines) is 1. The van der Waals surface area contributed by atoms with E-state index in [2.05, 4.69) is 49.4 Å². The standard InChI is InChI=1S/C21H41N3/c1-17(2)6-8-23-9-7-18(16-23)21(3,4)19-14-20(15-19)24-12-10-22(5)11-13-24/h17-20H,6-16H2,1-5H3/t18?,19-,20+. The highest BCUT2D eigenvalue weighted by molar-refractivity contribution is 4.99. The maximum Gasteiger partial charge on any atom is 0.0113 e. The Labute approximate surface area is 150 Å². The fourth-order valence-corrected chi connectivity index (χ4v) is 5.10. The van der Waals surface area contributed by atoms with Crippen molar-refractivity contribution in [3.63, 3.8) is 0 Å². The van der Waals surface area contributed by atoms with Crippen LogP contribution in [0.1, 0.15) is 53.4 Å². The molecule has 0 aromatic rings. The van der Waals surface area contributed by atoms with E-state index in [1.807, 2.05) is 0 Å². The zero-order chi connectivity index (χ0) is 17.3. The first-order valence-corrected chi connectivity index (χ1v) is 10.5. The molecule has 1 unspecified atom stereocenters. The van der Waals surface area contributed by atoms with Gasteiger partial charge < -0.3 is 9.80 Å². The maximum atomic E-state index is 2.77. The Morgan fingerprint density at radius 3 is 2.25 bits per heavy atom. The molecule has 3 nitrogen and oxygen atoms in total. The highest BCUT2D eigenvalue weighted by Gasteiger charge is 2.47. The van der Waals surface area contributed by atoms with E-state index in [-0.39, 0.29) is 0 Å². The van der Waals surface area contributed by atoms with Crippen LogP contribution < -0.4 is 0 Å². The molecule has 1 saturated carbocycles. The second kappa shape index (κ2) is 7.63. The van der Waals surface area contributed by atoms with E-state index in [4.69, 9.17) is 0 Å². The summed E-state index contributed by atoms with van der Waals surface area (Å²) in [5, 5.41) is 0. The van der Waals surface area contributed by atoms with E-state index in [1.165, 1.54) is 71.5 Å². The lowest BCUT2D eigenvalue weighted by Crippen LogP contribution is -2.56. The number of nitrogens with zero attached hydrogens (tertiary/aromatic N) is 3. The number of piperazine rings is 1. The number of rotatable bonds is 6. The van der Waals surface area contributed by atoms with Crippen LogP contribution in [0.15, 0.2) is 0 Å². The van der Waals surface area contributed by atoms with E-state index >= 15 is 0 Å². The fraction of sp³-hybridized carbons (Fsp3) is 1.00. The molecular formula is C21H41N3. The molecule has 0 aromatic heterocycles. The smallest absolute Gasteiger partial charge is 0.0113 e. The van der Waals surface area contributed by atoms with Gasteiger partial charge >= 0.3 is 0 Å². The third kappa shape index (κ3) is 4.16. The van der Waals surface area contributed by atoms with E-state index in [1.54, 1.807) is 0 Å². The van der Waals surface area contributed by atoms with Crippen molar-refractivity contribution in [2.24, 2.45) is 23.2 Å². The first kappa shape index (κ1) is 18.7. The molecular weight excluding hydrogens is 294 g/mol. The molecule has 3 rings (SSSR count). The zero-order valence-electron chi connectivity index (χ0n) is 16.9. The average Bonchev–Trinajstić information content (AvgIpc) is 2.95. The molecule has 0 spiro atoms. The van der Waals surface area contributed by atoms with Crippen LogP contribution in [0.3, 0.4) is 0 Å². The topological polar surface area (TPSA) is 9.72 Å². The largest absolute Gasteiger partial charge is 0.304 e. The van der Waals surface area contributed by atoms with Gasteiger partial charge in [-0.2, -0.15) is 0 Å². The van der Waals surface area contributed by atoms with Gasteiger partial charge in [0.15, 0.2) is 0 Å². The Bertz CT molecular complexity index is 392. The monoisotopic (exact) mass is 335 g/mol. The van der Waals surface area contributed by atoms with Gasteiger partial charge in [-0.25, -0.2) is 0 Å². The molecule has 0 amide bonds. The van der Waals surface area contributed by atoms with Crippen molar-refractivity contribution in [1.82, 2.24) is 14.7 Å². The van der Waals surface area contributed by atoms with Gasteiger partial charge in [0.05, 0.1) is 0 Å². The average molecular weight is 336 g/mol. The van der Waals surface area contributed by atoms with Gasteiger partial charge in [-0.3, -0.25) is 4.90 Å². The van der Waals surface area contributed by atoms with Crippen molar-refractivity contribution in [3.05, 3.63) is 0 Å². The van der Waals surface area contributed by atoms with Crippen LogP contribution in [0.2, 0.25) is 0 Å². The summed E-state index contributed by atoms with van der Waals surface area (Å²) < 4.78 is 0. The second-order valence-corrected chi connectivity index (χ2v) is 9.95. The summed E-state index contributed by atoms with van der Waals surface area (Å²) >= 11 is 0. The lowest BCUT2D eigenvalue weighted by molar-refractivity contribution is -0.0278. The predicted molar refractivity (Wildman–Crippen MR) is 103 cm³/mol. The Balaban J connectivity index is 1.44. The Kier molecular flexibility index (Phi) is 5.94. The summed E-state index contributed by atoms with van der Waals surface area (Å²) in [7, 11) is 2.26. The summed E-state index contributed by atoms with van der Waals surface area (Å²) in [5.74, 6) is 2.72. The molecule has 1 atom stereocenters. The van der Waals surface area contributed by atoms with Gasteiger partial charge in [-0.05, 0) is 69.0 Å². The first-order chi connectivity index (χ1) is 11.4. The summed E-state index contributed by atoms with van der Waals surface area (Å²) in [6, 6.07) is 0.890. The van der Waals surface area contributed by atoms with Crippen LogP contribution in [0.25, 0.3) is 0 Å². The predicted octanol–water partition coefficient (Wildman–Crippen LogP) is 3.41. The van der Waals surface area contributed by atoms with Crippen molar-refractivity contribution in [2.75, 3.05) is 52.9 Å². The number of likely N-dealkylation sites (N-methyl/N-ethyl adjacent to an activating group) is 1. The second-order valence-electron chi connectivity index (χ2n) is 9.95. The third-order valence-corrected chi connectivity index (χ3v) is 7.57. The quantitative estimate of drug-likeness (QED) is 0.736. The zero-order valence-corrected chi connectivity index (χ0v) is 16.9. The molecule has 0 radical (unpaired) electrons. The maximum absolute atomic E-state index is 2.77. The molecule has 2 heterocycles. The fourth-order valence-electron chi connectivity index (χ4n) is 5.10. The number of hydrogen-bond donors (Lipinski definition) is 0. The summed E-state index contributed by atoms with van der Waals surface area (Å²) in [6.07, 6.45) is 5.71. The SMILES string of the molecule is CC(C)CCN1CCC(C(C)(C)[C@H]2C[C@@H](N3CCN(C)CC3)C2)C1. The Morgan fingerprint density at radius 2 is 1.62 bits per heavy atom. The van der Waals surface area contributed by atoms with E-state index in [0.717, 1.165) is 23.8 Å².